The number of carbonyl (C=O) groups is 2. The Hall–Kier alpha value is -2.21. The molecule has 1 aromatic carbocycles. The third kappa shape index (κ3) is 4.39. The highest BCUT2D eigenvalue weighted by atomic mass is 79.9. The van der Waals surface area contributed by atoms with Gasteiger partial charge >= 0.3 is 5.97 Å². The number of methoxy groups -OCH3 is 1. The molecule has 0 bridgehead atoms. The van der Waals surface area contributed by atoms with E-state index in [1.54, 1.807) is 12.3 Å². The molecular weight excluding hydrogens is 348 g/mol. The molecule has 2 rings (SSSR count). The van der Waals surface area contributed by atoms with Crippen molar-refractivity contribution in [3.63, 3.8) is 0 Å². The summed E-state index contributed by atoms with van der Waals surface area (Å²) in [5.74, 6) is -0.687. The van der Waals surface area contributed by atoms with Gasteiger partial charge in [0.2, 0.25) is 0 Å². The van der Waals surface area contributed by atoms with Crippen LogP contribution in [0.2, 0.25) is 0 Å². The number of ether oxygens (including phenoxy) is 1. The van der Waals surface area contributed by atoms with Crippen molar-refractivity contribution in [2.75, 3.05) is 7.11 Å². The van der Waals surface area contributed by atoms with Crippen LogP contribution in [0.25, 0.3) is 0 Å². The molecule has 1 aromatic heterocycles. The van der Waals surface area contributed by atoms with E-state index < -0.39 is 6.04 Å². The highest BCUT2D eigenvalue weighted by molar-refractivity contribution is 9.10. The maximum atomic E-state index is 12.3. The summed E-state index contributed by atoms with van der Waals surface area (Å²) in [7, 11) is 1.32. The lowest BCUT2D eigenvalue weighted by Gasteiger charge is -2.18. The molecular formula is C16H15BrN2O3. The Kier molecular flexibility index (Phi) is 5.66. The highest BCUT2D eigenvalue weighted by Gasteiger charge is 2.19. The predicted molar refractivity (Wildman–Crippen MR) is 85.2 cm³/mol. The van der Waals surface area contributed by atoms with E-state index in [9.17, 15) is 9.59 Å². The lowest BCUT2D eigenvalue weighted by atomic mass is 10.0. The zero-order valence-corrected chi connectivity index (χ0v) is 13.5. The maximum Gasteiger partial charge on any atom is 0.307 e. The number of nitrogens with one attached hydrogen (secondary N) is 1. The van der Waals surface area contributed by atoms with Crippen LogP contribution in [0, 0.1) is 0 Å². The maximum absolute atomic E-state index is 12.3. The van der Waals surface area contributed by atoms with Crippen LogP contribution in [-0.4, -0.2) is 24.0 Å². The molecule has 114 valence electrons. The number of carbonyl (C=O) groups excluding carboxylic acids is 2. The number of rotatable bonds is 5. The van der Waals surface area contributed by atoms with Gasteiger partial charge in [-0.3, -0.25) is 14.6 Å². The Morgan fingerprint density at radius 2 is 2.00 bits per heavy atom. The number of aromatic nitrogens is 1. The van der Waals surface area contributed by atoms with Crippen LogP contribution in [0.15, 0.2) is 53.3 Å². The van der Waals surface area contributed by atoms with Crippen molar-refractivity contribution in [2.45, 2.75) is 12.5 Å². The Labute approximate surface area is 136 Å². The van der Waals surface area contributed by atoms with Crippen LogP contribution in [0.1, 0.15) is 28.4 Å². The minimum absolute atomic E-state index is 0.0632. The number of amides is 1. The van der Waals surface area contributed by atoms with Crippen molar-refractivity contribution in [2.24, 2.45) is 0 Å². The van der Waals surface area contributed by atoms with Crippen molar-refractivity contribution in [1.82, 2.24) is 10.3 Å². The number of hydrogen-bond acceptors (Lipinski definition) is 4. The Morgan fingerprint density at radius 1 is 1.27 bits per heavy atom. The van der Waals surface area contributed by atoms with Crippen molar-refractivity contribution in [3.05, 3.63) is 64.4 Å². The zero-order chi connectivity index (χ0) is 15.9. The molecule has 0 aliphatic heterocycles. The SMILES string of the molecule is COC(=O)C[C@H](NC(=O)c1cncc(Br)c1)c1ccccc1. The van der Waals surface area contributed by atoms with E-state index in [1.807, 2.05) is 30.3 Å². The van der Waals surface area contributed by atoms with Gasteiger partial charge in [-0.05, 0) is 27.6 Å². The molecule has 0 unspecified atom stereocenters. The zero-order valence-electron chi connectivity index (χ0n) is 12.0. The number of halogens is 1. The summed E-state index contributed by atoms with van der Waals surface area (Å²) in [5.41, 5.74) is 1.25. The fourth-order valence-electron chi connectivity index (χ4n) is 1.97. The molecule has 0 fully saturated rings. The van der Waals surface area contributed by atoms with Gasteiger partial charge in [0, 0.05) is 16.9 Å². The van der Waals surface area contributed by atoms with Gasteiger partial charge in [-0.25, -0.2) is 0 Å². The van der Waals surface area contributed by atoms with Crippen molar-refractivity contribution in [3.8, 4) is 0 Å². The first-order valence-electron chi connectivity index (χ1n) is 6.63. The molecule has 1 atom stereocenters. The second kappa shape index (κ2) is 7.70. The fourth-order valence-corrected chi connectivity index (χ4v) is 2.33. The molecule has 1 heterocycles. The minimum Gasteiger partial charge on any atom is -0.469 e. The largest absolute Gasteiger partial charge is 0.469 e. The Morgan fingerprint density at radius 3 is 2.64 bits per heavy atom. The number of benzene rings is 1. The number of pyridine rings is 1. The van der Waals surface area contributed by atoms with Gasteiger partial charge in [0.15, 0.2) is 0 Å². The summed E-state index contributed by atoms with van der Waals surface area (Å²) < 4.78 is 5.41. The molecule has 0 aliphatic rings. The molecule has 2 aromatic rings. The lowest BCUT2D eigenvalue weighted by molar-refractivity contribution is -0.141. The Bertz CT molecular complexity index is 661. The molecule has 0 saturated heterocycles. The van der Waals surface area contributed by atoms with Gasteiger partial charge in [0.1, 0.15) is 0 Å². The van der Waals surface area contributed by atoms with Gasteiger partial charge in [0.05, 0.1) is 25.1 Å². The smallest absolute Gasteiger partial charge is 0.307 e. The van der Waals surface area contributed by atoms with Gasteiger partial charge in [0.25, 0.3) is 5.91 Å². The predicted octanol–water partition coefficient (Wildman–Crippen LogP) is 2.88. The first-order valence-corrected chi connectivity index (χ1v) is 7.42. The highest BCUT2D eigenvalue weighted by Crippen LogP contribution is 2.18. The molecule has 0 aliphatic carbocycles. The van der Waals surface area contributed by atoms with E-state index in [0.29, 0.717) is 10.0 Å². The minimum atomic E-state index is -0.458. The van der Waals surface area contributed by atoms with Crippen molar-refractivity contribution >= 4 is 27.8 Å². The van der Waals surface area contributed by atoms with Gasteiger partial charge < -0.3 is 10.1 Å². The van der Waals surface area contributed by atoms with E-state index in [-0.39, 0.29) is 18.3 Å². The molecule has 1 amide bonds. The number of esters is 1. The Balaban J connectivity index is 2.19. The van der Waals surface area contributed by atoms with Crippen LogP contribution in [0.5, 0.6) is 0 Å². The molecule has 0 saturated carbocycles. The normalized spacial score (nSPS) is 11.5. The van der Waals surface area contributed by atoms with Crippen LogP contribution in [0.4, 0.5) is 0 Å². The van der Waals surface area contributed by atoms with Gasteiger partial charge in [-0.1, -0.05) is 30.3 Å². The summed E-state index contributed by atoms with van der Waals surface area (Å²) >= 11 is 3.28. The van der Waals surface area contributed by atoms with Gasteiger partial charge in [-0.15, -0.1) is 0 Å². The van der Waals surface area contributed by atoms with E-state index in [1.165, 1.54) is 13.3 Å². The molecule has 22 heavy (non-hydrogen) atoms. The molecule has 5 nitrogen and oxygen atoms in total. The fraction of sp³-hybridized carbons (Fsp3) is 0.188. The van der Waals surface area contributed by atoms with Crippen LogP contribution < -0.4 is 5.32 Å². The second-order valence-corrected chi connectivity index (χ2v) is 5.52. The number of hydrogen-bond donors (Lipinski definition) is 1. The average Bonchev–Trinajstić information content (AvgIpc) is 2.54. The molecule has 1 N–H and O–H groups in total. The summed E-state index contributed by atoms with van der Waals surface area (Å²) in [6.07, 6.45) is 3.13. The van der Waals surface area contributed by atoms with Crippen LogP contribution in [-0.2, 0) is 9.53 Å². The first-order chi connectivity index (χ1) is 10.6. The summed E-state index contributed by atoms with van der Waals surface area (Å²) in [4.78, 5) is 27.9. The van der Waals surface area contributed by atoms with E-state index in [2.05, 4.69) is 26.2 Å². The quantitative estimate of drug-likeness (QED) is 0.830. The molecule has 0 radical (unpaired) electrons. The van der Waals surface area contributed by atoms with Crippen LogP contribution >= 0.6 is 15.9 Å². The van der Waals surface area contributed by atoms with Gasteiger partial charge in [-0.2, -0.15) is 0 Å². The average molecular weight is 363 g/mol. The standard InChI is InChI=1S/C16H15BrN2O3/c1-22-15(20)8-14(11-5-3-2-4-6-11)19-16(21)12-7-13(17)10-18-9-12/h2-7,9-10,14H,8H2,1H3,(H,19,21)/t14-/m0/s1. The topological polar surface area (TPSA) is 68.3 Å². The van der Waals surface area contributed by atoms with Crippen molar-refractivity contribution < 1.29 is 14.3 Å². The van der Waals surface area contributed by atoms with E-state index in [4.69, 9.17) is 4.74 Å². The second-order valence-electron chi connectivity index (χ2n) is 4.61. The lowest BCUT2D eigenvalue weighted by Crippen LogP contribution is -2.30. The summed E-state index contributed by atoms with van der Waals surface area (Å²) in [5, 5.41) is 2.84. The van der Waals surface area contributed by atoms with Crippen molar-refractivity contribution in [1.29, 1.82) is 0 Å². The first kappa shape index (κ1) is 16.2. The molecule has 6 heteroatoms. The number of nitrogens with zero attached hydrogens (tertiary/aromatic N) is 1. The third-order valence-electron chi connectivity index (χ3n) is 3.07. The van der Waals surface area contributed by atoms with E-state index in [0.717, 1.165) is 5.56 Å². The summed E-state index contributed by atoms with van der Waals surface area (Å²) in [6.45, 7) is 0. The summed E-state index contributed by atoms with van der Waals surface area (Å²) in [6, 6.07) is 10.5. The van der Waals surface area contributed by atoms with E-state index >= 15 is 0 Å². The molecule has 0 spiro atoms. The monoisotopic (exact) mass is 362 g/mol. The van der Waals surface area contributed by atoms with Crippen LogP contribution in [0.3, 0.4) is 0 Å². The third-order valence-corrected chi connectivity index (χ3v) is 3.51.